The fourth-order valence-electron chi connectivity index (χ4n) is 2.24. The van der Waals surface area contributed by atoms with Crippen LogP contribution in [0.4, 0.5) is 0 Å². The molecule has 1 aromatic heterocycles. The highest BCUT2D eigenvalue weighted by atomic mass is 32.1. The van der Waals surface area contributed by atoms with Crippen molar-refractivity contribution in [2.45, 2.75) is 45.1 Å². The molecule has 1 aromatic rings. The number of hydrogen-bond donors (Lipinski definition) is 1. The molecule has 1 aliphatic rings. The smallest absolute Gasteiger partial charge is 0.294 e. The summed E-state index contributed by atoms with van der Waals surface area (Å²) in [7, 11) is 1.91. The third-order valence-electron chi connectivity index (χ3n) is 3.19. The molecule has 96 valence electrons. The normalized spacial score (nSPS) is 17.9. The van der Waals surface area contributed by atoms with E-state index < -0.39 is 0 Å². The van der Waals surface area contributed by atoms with Crippen molar-refractivity contribution in [2.24, 2.45) is 5.92 Å². The fourth-order valence-corrected chi connectivity index (χ4v) is 2.95. The van der Waals surface area contributed by atoms with Crippen molar-refractivity contribution in [1.29, 1.82) is 0 Å². The molecule has 1 heterocycles. The summed E-state index contributed by atoms with van der Waals surface area (Å²) in [5.74, 6) is 0.717. The van der Waals surface area contributed by atoms with Gasteiger partial charge in [-0.25, -0.2) is 0 Å². The predicted octanol–water partition coefficient (Wildman–Crippen LogP) is 2.61. The Morgan fingerprint density at radius 2 is 2.00 bits per heavy atom. The molecule has 0 saturated heterocycles. The Bertz CT molecular complexity index is 321. The van der Waals surface area contributed by atoms with Crippen molar-refractivity contribution in [3.8, 4) is 5.19 Å². The van der Waals surface area contributed by atoms with Gasteiger partial charge in [0.25, 0.3) is 5.19 Å². The van der Waals surface area contributed by atoms with E-state index in [1.807, 2.05) is 7.05 Å². The Morgan fingerprint density at radius 3 is 2.71 bits per heavy atom. The molecule has 0 atom stereocenters. The molecular weight excluding hydrogens is 234 g/mol. The van der Waals surface area contributed by atoms with Gasteiger partial charge in [0.05, 0.1) is 6.61 Å². The van der Waals surface area contributed by atoms with Crippen molar-refractivity contribution >= 4 is 11.3 Å². The summed E-state index contributed by atoms with van der Waals surface area (Å²) in [4.78, 5) is 0. The molecule has 0 radical (unpaired) electrons. The van der Waals surface area contributed by atoms with E-state index >= 15 is 0 Å². The van der Waals surface area contributed by atoms with Crippen LogP contribution in [-0.2, 0) is 6.54 Å². The van der Waals surface area contributed by atoms with Gasteiger partial charge in [-0.15, -0.1) is 10.2 Å². The van der Waals surface area contributed by atoms with Crippen LogP contribution in [0.5, 0.6) is 5.19 Å². The highest BCUT2D eigenvalue weighted by Gasteiger charge is 2.14. The van der Waals surface area contributed by atoms with Crippen molar-refractivity contribution in [2.75, 3.05) is 13.7 Å². The fraction of sp³-hybridized carbons (Fsp3) is 0.833. The topological polar surface area (TPSA) is 47.0 Å². The summed E-state index contributed by atoms with van der Waals surface area (Å²) in [6, 6.07) is 0. The zero-order valence-electron chi connectivity index (χ0n) is 10.4. The van der Waals surface area contributed by atoms with Crippen molar-refractivity contribution in [3.63, 3.8) is 0 Å². The van der Waals surface area contributed by atoms with Gasteiger partial charge in [0.15, 0.2) is 0 Å². The largest absolute Gasteiger partial charge is 0.469 e. The Hall–Kier alpha value is -0.680. The van der Waals surface area contributed by atoms with Crippen LogP contribution >= 0.6 is 11.3 Å². The number of aromatic nitrogens is 2. The summed E-state index contributed by atoms with van der Waals surface area (Å²) in [5.41, 5.74) is 0. The van der Waals surface area contributed by atoms with Crippen LogP contribution in [0, 0.1) is 5.92 Å². The molecule has 0 aromatic carbocycles. The van der Waals surface area contributed by atoms with Crippen molar-refractivity contribution < 1.29 is 4.74 Å². The quantitative estimate of drug-likeness (QED) is 0.822. The van der Waals surface area contributed by atoms with E-state index in [1.54, 1.807) is 11.3 Å². The second-order valence-electron chi connectivity index (χ2n) is 4.66. The second kappa shape index (κ2) is 6.91. The molecule has 1 fully saturated rings. The summed E-state index contributed by atoms with van der Waals surface area (Å²) in [5, 5.41) is 12.9. The summed E-state index contributed by atoms with van der Waals surface area (Å²) < 4.78 is 5.75. The monoisotopic (exact) mass is 255 g/mol. The number of rotatable bonds is 5. The lowest BCUT2D eigenvalue weighted by molar-refractivity contribution is 0.231. The van der Waals surface area contributed by atoms with Gasteiger partial charge in [-0.1, -0.05) is 37.0 Å². The molecule has 0 unspecified atom stereocenters. The minimum Gasteiger partial charge on any atom is -0.469 e. The van der Waals surface area contributed by atoms with E-state index in [0.29, 0.717) is 5.92 Å². The molecule has 4 nitrogen and oxygen atoms in total. The standard InChI is InChI=1S/C12H21N3OS/c1-13-8-11-14-15-12(17-11)16-9-10-6-4-2-3-5-7-10/h10,13H,2-9H2,1H3. The maximum absolute atomic E-state index is 5.75. The first-order valence-electron chi connectivity index (χ1n) is 6.48. The van der Waals surface area contributed by atoms with E-state index in [-0.39, 0.29) is 0 Å². The lowest BCUT2D eigenvalue weighted by atomic mass is 10.0. The maximum Gasteiger partial charge on any atom is 0.294 e. The van der Waals surface area contributed by atoms with E-state index in [2.05, 4.69) is 15.5 Å². The van der Waals surface area contributed by atoms with Gasteiger partial charge >= 0.3 is 0 Å². The molecule has 5 heteroatoms. The van der Waals surface area contributed by atoms with Gasteiger partial charge in [0, 0.05) is 6.54 Å². The predicted molar refractivity (Wildman–Crippen MR) is 69.4 cm³/mol. The molecule has 1 aliphatic carbocycles. The zero-order chi connectivity index (χ0) is 11.9. The minimum atomic E-state index is 0.717. The van der Waals surface area contributed by atoms with Crippen LogP contribution in [0.15, 0.2) is 0 Å². The summed E-state index contributed by atoms with van der Waals surface area (Å²) in [6.07, 6.45) is 8.11. The Balaban J connectivity index is 1.75. The van der Waals surface area contributed by atoms with Gasteiger partial charge < -0.3 is 10.1 Å². The first kappa shape index (κ1) is 12.8. The molecule has 2 rings (SSSR count). The number of hydrogen-bond acceptors (Lipinski definition) is 5. The van der Waals surface area contributed by atoms with Crippen LogP contribution in [-0.4, -0.2) is 23.9 Å². The van der Waals surface area contributed by atoms with Crippen molar-refractivity contribution in [1.82, 2.24) is 15.5 Å². The molecule has 1 N–H and O–H groups in total. The molecule has 17 heavy (non-hydrogen) atoms. The lowest BCUT2D eigenvalue weighted by Crippen LogP contribution is -2.11. The Morgan fingerprint density at radius 1 is 1.24 bits per heavy atom. The number of ether oxygens (including phenoxy) is 1. The maximum atomic E-state index is 5.75. The van der Waals surface area contributed by atoms with E-state index in [9.17, 15) is 0 Å². The zero-order valence-corrected chi connectivity index (χ0v) is 11.3. The SMILES string of the molecule is CNCc1nnc(OCC2CCCCCC2)s1. The molecular formula is C12H21N3OS. The van der Waals surface area contributed by atoms with Crippen molar-refractivity contribution in [3.05, 3.63) is 5.01 Å². The summed E-state index contributed by atoms with van der Waals surface area (Å²) in [6.45, 7) is 1.58. The van der Waals surface area contributed by atoms with Gasteiger partial charge in [-0.05, 0) is 25.8 Å². The molecule has 1 saturated carbocycles. The highest BCUT2D eigenvalue weighted by Crippen LogP contribution is 2.25. The average Bonchev–Trinajstić information content (AvgIpc) is 2.63. The van der Waals surface area contributed by atoms with E-state index in [1.165, 1.54) is 38.5 Å². The van der Waals surface area contributed by atoms with Crippen LogP contribution in [0.1, 0.15) is 43.5 Å². The molecule has 0 spiro atoms. The van der Waals surface area contributed by atoms with Crippen LogP contribution in [0.25, 0.3) is 0 Å². The Kier molecular flexibility index (Phi) is 5.19. The lowest BCUT2D eigenvalue weighted by Gasteiger charge is -2.12. The molecule has 0 aliphatic heterocycles. The first-order valence-corrected chi connectivity index (χ1v) is 7.30. The number of nitrogens with zero attached hydrogens (tertiary/aromatic N) is 2. The Labute approximate surface area is 107 Å². The van der Waals surface area contributed by atoms with Crippen LogP contribution < -0.4 is 10.1 Å². The summed E-state index contributed by atoms with van der Waals surface area (Å²) >= 11 is 1.54. The minimum absolute atomic E-state index is 0.717. The van der Waals surface area contributed by atoms with Crippen LogP contribution in [0.2, 0.25) is 0 Å². The average molecular weight is 255 g/mol. The van der Waals surface area contributed by atoms with E-state index in [0.717, 1.165) is 23.4 Å². The van der Waals surface area contributed by atoms with E-state index in [4.69, 9.17) is 4.74 Å². The van der Waals surface area contributed by atoms with Gasteiger partial charge in [0.2, 0.25) is 0 Å². The van der Waals surface area contributed by atoms with Crippen LogP contribution in [0.3, 0.4) is 0 Å². The van der Waals surface area contributed by atoms with Gasteiger partial charge in [-0.3, -0.25) is 0 Å². The third-order valence-corrected chi connectivity index (χ3v) is 4.03. The van der Waals surface area contributed by atoms with Gasteiger partial charge in [0.1, 0.15) is 5.01 Å². The third kappa shape index (κ3) is 4.24. The first-order chi connectivity index (χ1) is 8.38. The number of nitrogens with one attached hydrogen (secondary N) is 1. The second-order valence-corrected chi connectivity index (χ2v) is 5.69. The van der Waals surface area contributed by atoms with Gasteiger partial charge in [-0.2, -0.15) is 0 Å². The highest BCUT2D eigenvalue weighted by molar-refractivity contribution is 7.13. The molecule has 0 amide bonds. The molecule has 0 bridgehead atoms.